The molecule has 3 aliphatic carbocycles. The molecule has 10 heteroatoms. The molecular weight excluding hydrogens is 506 g/mol. The summed E-state index contributed by atoms with van der Waals surface area (Å²) >= 11 is 0. The van der Waals surface area contributed by atoms with Gasteiger partial charge in [0.2, 0.25) is 5.91 Å². The Morgan fingerprint density at radius 1 is 1.08 bits per heavy atom. The third kappa shape index (κ3) is 4.02. The SMILES string of the molecule is COc1cc(C/C=C\c2ccc(O)c3c2C[C@H]2C[C@H]4CC(=O)C(C(N)=O)C(=O)[C@@]4(O)C(=O)C2C3=O)ccc1O. The number of Topliss-reactive ketones (excluding diaryl/α,β-unsaturated/α-hetero) is 4. The maximum Gasteiger partial charge on any atom is 0.235 e. The highest BCUT2D eigenvalue weighted by molar-refractivity contribution is 6.31. The zero-order chi connectivity index (χ0) is 28.2. The van der Waals surface area contributed by atoms with Crippen molar-refractivity contribution in [3.63, 3.8) is 0 Å². The molecular formula is C29H27NO9. The van der Waals surface area contributed by atoms with Crippen molar-refractivity contribution in [2.45, 2.75) is 31.3 Å². The van der Waals surface area contributed by atoms with Crippen molar-refractivity contribution in [1.29, 1.82) is 0 Å². The number of nitrogens with two attached hydrogens (primary N) is 1. The van der Waals surface area contributed by atoms with Crippen LogP contribution < -0.4 is 10.5 Å². The van der Waals surface area contributed by atoms with Crippen LogP contribution in [0.25, 0.3) is 6.08 Å². The summed E-state index contributed by atoms with van der Waals surface area (Å²) in [4.78, 5) is 64.4. The molecule has 2 fully saturated rings. The summed E-state index contributed by atoms with van der Waals surface area (Å²) in [6.07, 6.45) is 3.97. The number of aromatic hydroxyl groups is 2. The Labute approximate surface area is 223 Å². The van der Waals surface area contributed by atoms with Crippen molar-refractivity contribution < 1.29 is 44.0 Å². The summed E-state index contributed by atoms with van der Waals surface area (Å²) in [6.45, 7) is 0. The van der Waals surface area contributed by atoms with Crippen LogP contribution in [0, 0.1) is 23.7 Å². The average molecular weight is 534 g/mol. The molecule has 2 aromatic carbocycles. The van der Waals surface area contributed by atoms with Crippen LogP contribution in [0.15, 0.2) is 36.4 Å². The van der Waals surface area contributed by atoms with E-state index in [1.165, 1.54) is 19.2 Å². The van der Waals surface area contributed by atoms with Crippen LogP contribution in [0.1, 0.15) is 39.9 Å². The van der Waals surface area contributed by atoms with Gasteiger partial charge in [-0.15, -0.1) is 0 Å². The van der Waals surface area contributed by atoms with Crippen molar-refractivity contribution >= 4 is 35.1 Å². The van der Waals surface area contributed by atoms with Gasteiger partial charge in [-0.25, -0.2) is 0 Å². The monoisotopic (exact) mass is 533 g/mol. The lowest BCUT2D eigenvalue weighted by atomic mass is 9.53. The van der Waals surface area contributed by atoms with E-state index in [4.69, 9.17) is 10.5 Å². The zero-order valence-electron chi connectivity index (χ0n) is 21.0. The van der Waals surface area contributed by atoms with E-state index in [-0.39, 0.29) is 36.3 Å². The molecule has 5 atom stereocenters. The number of primary amides is 1. The largest absolute Gasteiger partial charge is 0.507 e. The molecule has 3 aliphatic rings. The number of ether oxygens (including phenoxy) is 1. The van der Waals surface area contributed by atoms with Crippen molar-refractivity contribution in [2.24, 2.45) is 29.4 Å². The van der Waals surface area contributed by atoms with Crippen molar-refractivity contribution in [3.05, 3.63) is 58.7 Å². The van der Waals surface area contributed by atoms with Crippen LogP contribution in [0.3, 0.4) is 0 Å². The molecule has 0 bridgehead atoms. The van der Waals surface area contributed by atoms with Gasteiger partial charge in [0.1, 0.15) is 5.75 Å². The second-order valence-corrected chi connectivity index (χ2v) is 10.4. The number of carbonyl (C=O) groups is 5. The molecule has 39 heavy (non-hydrogen) atoms. The minimum absolute atomic E-state index is 0.0198. The lowest BCUT2D eigenvalue weighted by Gasteiger charge is -2.48. The highest BCUT2D eigenvalue weighted by Gasteiger charge is 2.66. The quantitative estimate of drug-likeness (QED) is 0.412. The first-order chi connectivity index (χ1) is 18.5. The number of ketones is 4. The van der Waals surface area contributed by atoms with E-state index in [1.807, 2.05) is 6.08 Å². The topological polar surface area (TPSA) is 181 Å². The molecule has 10 nitrogen and oxygen atoms in total. The van der Waals surface area contributed by atoms with E-state index in [2.05, 4.69) is 0 Å². The third-order valence-corrected chi connectivity index (χ3v) is 8.22. The first kappa shape index (κ1) is 26.3. The van der Waals surface area contributed by atoms with E-state index in [0.29, 0.717) is 23.3 Å². The van der Waals surface area contributed by atoms with Crippen LogP contribution in [0.5, 0.6) is 17.2 Å². The molecule has 2 saturated carbocycles. The number of aliphatic hydroxyl groups is 1. The Morgan fingerprint density at radius 2 is 1.79 bits per heavy atom. The smallest absolute Gasteiger partial charge is 0.235 e. The van der Waals surface area contributed by atoms with Crippen LogP contribution in [-0.2, 0) is 32.0 Å². The van der Waals surface area contributed by atoms with E-state index < -0.39 is 58.3 Å². The van der Waals surface area contributed by atoms with Gasteiger partial charge in [0.05, 0.1) is 18.6 Å². The maximum atomic E-state index is 13.6. The minimum Gasteiger partial charge on any atom is -0.507 e. The van der Waals surface area contributed by atoms with Gasteiger partial charge in [0, 0.05) is 12.3 Å². The summed E-state index contributed by atoms with van der Waals surface area (Å²) < 4.78 is 5.13. The predicted octanol–water partition coefficient (Wildman–Crippen LogP) is 1.30. The molecule has 0 heterocycles. The zero-order valence-corrected chi connectivity index (χ0v) is 21.0. The number of methoxy groups -OCH3 is 1. The van der Waals surface area contributed by atoms with Crippen LogP contribution in [0.2, 0.25) is 0 Å². The fourth-order valence-electron chi connectivity index (χ4n) is 6.32. The van der Waals surface area contributed by atoms with Gasteiger partial charge in [-0.05, 0) is 60.1 Å². The van der Waals surface area contributed by atoms with Crippen molar-refractivity contribution in [2.75, 3.05) is 7.11 Å². The molecule has 0 radical (unpaired) electrons. The number of phenols is 2. The molecule has 0 aromatic heterocycles. The van der Waals surface area contributed by atoms with E-state index in [1.54, 1.807) is 24.3 Å². The Hall–Kier alpha value is -4.31. The molecule has 0 spiro atoms. The van der Waals surface area contributed by atoms with Crippen LogP contribution in [0.4, 0.5) is 0 Å². The standard InChI is InChI=1S/C29H27NO9/c1-39-21-9-13(5-7-18(21)31)3-2-4-14-6-8-19(32)23-17(14)11-15-10-16-12-20(33)24(28(30)37)27(36)29(16,38)26(35)22(15)25(23)34/h2,4-9,15-16,22,24,31-32,38H,3,10-12H2,1H3,(H2,30,37)/b4-2-/t15-,16+,22?,24?,29+/m1/s1. The highest BCUT2D eigenvalue weighted by Crippen LogP contribution is 2.50. The third-order valence-electron chi connectivity index (χ3n) is 8.22. The molecule has 5 rings (SSSR count). The summed E-state index contributed by atoms with van der Waals surface area (Å²) in [7, 11) is 1.45. The second kappa shape index (κ2) is 9.46. The number of benzene rings is 2. The lowest BCUT2D eigenvalue weighted by Crippen LogP contribution is -2.68. The predicted molar refractivity (Wildman–Crippen MR) is 136 cm³/mol. The number of fused-ring (bicyclic) bond motifs is 3. The Morgan fingerprint density at radius 3 is 2.49 bits per heavy atom. The number of hydrogen-bond donors (Lipinski definition) is 4. The molecule has 202 valence electrons. The van der Waals surface area contributed by atoms with Gasteiger partial charge in [0.15, 0.2) is 46.2 Å². The van der Waals surface area contributed by atoms with E-state index >= 15 is 0 Å². The molecule has 2 unspecified atom stereocenters. The summed E-state index contributed by atoms with van der Waals surface area (Å²) in [5, 5.41) is 31.6. The van der Waals surface area contributed by atoms with Gasteiger partial charge >= 0.3 is 0 Å². The average Bonchev–Trinajstić information content (AvgIpc) is 2.88. The first-order valence-electron chi connectivity index (χ1n) is 12.5. The fraction of sp³-hybridized carbons (Fsp3) is 0.345. The number of allylic oxidation sites excluding steroid dienone is 1. The second-order valence-electron chi connectivity index (χ2n) is 10.4. The van der Waals surface area contributed by atoms with Gasteiger partial charge in [-0.2, -0.15) is 0 Å². The summed E-state index contributed by atoms with van der Waals surface area (Å²) in [6, 6.07) is 7.97. The van der Waals surface area contributed by atoms with Gasteiger partial charge in [-0.3, -0.25) is 24.0 Å². The van der Waals surface area contributed by atoms with Crippen molar-refractivity contribution in [3.8, 4) is 17.2 Å². The number of carbonyl (C=O) groups excluding carboxylic acids is 5. The molecule has 2 aromatic rings. The minimum atomic E-state index is -2.67. The van der Waals surface area contributed by atoms with E-state index in [0.717, 1.165) is 5.56 Å². The number of amides is 1. The molecule has 0 aliphatic heterocycles. The number of phenolic OH excluding ortho intramolecular Hbond substituents is 2. The first-order valence-corrected chi connectivity index (χ1v) is 12.5. The number of rotatable bonds is 5. The summed E-state index contributed by atoms with van der Waals surface area (Å²) in [5.74, 6) is -10.0. The van der Waals surface area contributed by atoms with Crippen molar-refractivity contribution in [1.82, 2.24) is 0 Å². The number of hydrogen-bond acceptors (Lipinski definition) is 9. The van der Waals surface area contributed by atoms with Gasteiger partial charge in [-0.1, -0.05) is 24.3 Å². The Kier molecular flexibility index (Phi) is 6.38. The van der Waals surface area contributed by atoms with Gasteiger partial charge < -0.3 is 25.8 Å². The highest BCUT2D eigenvalue weighted by atomic mass is 16.5. The molecule has 1 amide bonds. The van der Waals surface area contributed by atoms with Crippen LogP contribution >= 0.6 is 0 Å². The molecule has 5 N–H and O–H groups in total. The van der Waals surface area contributed by atoms with E-state index in [9.17, 15) is 39.3 Å². The normalized spacial score (nSPS) is 28.2. The maximum absolute atomic E-state index is 13.6. The lowest BCUT2D eigenvalue weighted by molar-refractivity contribution is -0.175. The molecule has 0 saturated heterocycles. The Balaban J connectivity index is 1.47. The van der Waals surface area contributed by atoms with Gasteiger partial charge in [0.25, 0.3) is 0 Å². The summed E-state index contributed by atoms with van der Waals surface area (Å²) in [5.41, 5.74) is 4.53. The fourth-order valence-corrected chi connectivity index (χ4v) is 6.32. The Bertz CT molecular complexity index is 1480. The van der Waals surface area contributed by atoms with Crippen LogP contribution in [-0.4, -0.2) is 57.1 Å².